The van der Waals surface area contributed by atoms with Gasteiger partial charge >= 0.3 is 0 Å². The number of aromatic nitrogens is 1. The largest absolute Gasteiger partial charge is 0.381 e. The lowest BCUT2D eigenvalue weighted by molar-refractivity contribution is -0.120. The van der Waals surface area contributed by atoms with Crippen molar-refractivity contribution < 1.29 is 17.9 Å². The predicted octanol–water partition coefficient (Wildman–Crippen LogP) is 0.949. The first kappa shape index (κ1) is 15.6. The molecular formula is C12H18N2O4S. The zero-order chi connectivity index (χ0) is 14.3. The molecule has 0 bridgehead atoms. The monoisotopic (exact) mass is 286 g/mol. The normalized spacial score (nSPS) is 11.5. The van der Waals surface area contributed by atoms with E-state index in [-0.39, 0.29) is 17.9 Å². The summed E-state index contributed by atoms with van der Waals surface area (Å²) in [4.78, 5) is 15.1. The average Bonchev–Trinajstić information content (AvgIpc) is 2.35. The van der Waals surface area contributed by atoms with Gasteiger partial charge in [0.2, 0.25) is 5.91 Å². The van der Waals surface area contributed by atoms with Crippen LogP contribution in [0.2, 0.25) is 0 Å². The van der Waals surface area contributed by atoms with E-state index in [0.29, 0.717) is 12.5 Å². The minimum absolute atomic E-state index is 0.00616. The van der Waals surface area contributed by atoms with Crippen LogP contribution >= 0.6 is 0 Å². The lowest BCUT2D eigenvalue weighted by Gasteiger charge is -2.08. The van der Waals surface area contributed by atoms with Crippen molar-refractivity contribution in [1.29, 1.82) is 0 Å². The van der Waals surface area contributed by atoms with E-state index in [1.807, 2.05) is 18.6 Å². The summed E-state index contributed by atoms with van der Waals surface area (Å²) in [5.74, 6) is -0.213. The fourth-order valence-corrected chi connectivity index (χ4v) is 2.23. The number of ether oxygens (including phenoxy) is 1. The molecule has 6 nitrogen and oxygen atoms in total. The molecule has 0 unspecified atom stereocenters. The van der Waals surface area contributed by atoms with Crippen molar-refractivity contribution in [3.63, 3.8) is 0 Å². The maximum atomic E-state index is 11.8. The summed E-state index contributed by atoms with van der Waals surface area (Å²) in [5, 5.41) is 0. The van der Waals surface area contributed by atoms with Gasteiger partial charge in [-0.25, -0.2) is 13.1 Å². The fraction of sp³-hybridized carbons (Fsp3) is 0.500. The first-order chi connectivity index (χ1) is 8.92. The molecule has 1 heterocycles. The highest BCUT2D eigenvalue weighted by Gasteiger charge is 2.17. The number of carbonyl (C=O) groups excluding carboxylic acids is 1. The minimum atomic E-state index is -3.83. The summed E-state index contributed by atoms with van der Waals surface area (Å²) >= 11 is 0. The molecule has 1 aromatic heterocycles. The Morgan fingerprint density at radius 3 is 2.79 bits per heavy atom. The molecule has 7 heteroatoms. The van der Waals surface area contributed by atoms with Crippen molar-refractivity contribution in [2.75, 3.05) is 13.2 Å². The molecule has 0 spiro atoms. The summed E-state index contributed by atoms with van der Waals surface area (Å²) in [7, 11) is -3.83. The Morgan fingerprint density at radius 1 is 1.47 bits per heavy atom. The summed E-state index contributed by atoms with van der Waals surface area (Å²) < 4.78 is 30.7. The van der Waals surface area contributed by atoms with E-state index >= 15 is 0 Å². The highest BCUT2D eigenvalue weighted by Crippen LogP contribution is 2.05. The molecule has 1 aromatic rings. The molecule has 1 N–H and O–H groups in total. The van der Waals surface area contributed by atoms with Gasteiger partial charge in [-0.3, -0.25) is 9.78 Å². The number of hydrogen-bond donors (Lipinski definition) is 1. The fourth-order valence-electron chi connectivity index (χ4n) is 1.25. The second-order valence-electron chi connectivity index (χ2n) is 4.44. The molecule has 1 rings (SSSR count). The van der Waals surface area contributed by atoms with Crippen molar-refractivity contribution >= 4 is 15.9 Å². The molecule has 0 aliphatic heterocycles. The third-order valence-electron chi connectivity index (χ3n) is 2.12. The van der Waals surface area contributed by atoms with Crippen LogP contribution in [0.3, 0.4) is 0 Å². The Morgan fingerprint density at radius 2 is 2.21 bits per heavy atom. The van der Waals surface area contributed by atoms with E-state index in [1.165, 1.54) is 24.5 Å². The van der Waals surface area contributed by atoms with E-state index in [1.54, 1.807) is 0 Å². The summed E-state index contributed by atoms with van der Waals surface area (Å²) in [5.41, 5.74) is 0. The predicted molar refractivity (Wildman–Crippen MR) is 69.8 cm³/mol. The van der Waals surface area contributed by atoms with Crippen LogP contribution in [0.5, 0.6) is 0 Å². The smallest absolute Gasteiger partial charge is 0.265 e. The quantitative estimate of drug-likeness (QED) is 0.754. The standard InChI is InChI=1S/C12H18N2O4S/c1-10(2)9-18-7-5-12(15)14-19(16,17)11-4-3-6-13-8-11/h3-4,6,8,10H,5,7,9H2,1-2H3,(H,14,15). The topological polar surface area (TPSA) is 85.4 Å². The average molecular weight is 286 g/mol. The van der Waals surface area contributed by atoms with Gasteiger partial charge in [0.15, 0.2) is 0 Å². The molecule has 0 fully saturated rings. The Labute approximate surface area is 113 Å². The van der Waals surface area contributed by atoms with E-state index in [2.05, 4.69) is 4.98 Å². The molecule has 0 aliphatic rings. The van der Waals surface area contributed by atoms with Gasteiger partial charge in [0.05, 0.1) is 13.0 Å². The van der Waals surface area contributed by atoms with Gasteiger partial charge in [-0.15, -0.1) is 0 Å². The van der Waals surface area contributed by atoms with Crippen LogP contribution < -0.4 is 4.72 Å². The number of sulfonamides is 1. The van der Waals surface area contributed by atoms with Crippen molar-refractivity contribution in [2.24, 2.45) is 5.92 Å². The van der Waals surface area contributed by atoms with E-state index in [4.69, 9.17) is 4.74 Å². The first-order valence-electron chi connectivity index (χ1n) is 5.95. The second kappa shape index (κ2) is 7.20. The van der Waals surface area contributed by atoms with Crippen LogP contribution in [0.1, 0.15) is 20.3 Å². The first-order valence-corrected chi connectivity index (χ1v) is 7.43. The molecule has 0 saturated carbocycles. The second-order valence-corrected chi connectivity index (χ2v) is 6.12. The maximum absolute atomic E-state index is 11.8. The highest BCUT2D eigenvalue weighted by atomic mass is 32.2. The van der Waals surface area contributed by atoms with Gasteiger partial charge in [-0.2, -0.15) is 0 Å². The van der Waals surface area contributed by atoms with Gasteiger partial charge in [0.1, 0.15) is 4.90 Å². The van der Waals surface area contributed by atoms with Crippen molar-refractivity contribution in [3.8, 4) is 0 Å². The SMILES string of the molecule is CC(C)COCCC(=O)NS(=O)(=O)c1cccnc1. The van der Waals surface area contributed by atoms with Gasteiger partial charge in [-0.1, -0.05) is 13.8 Å². The van der Waals surface area contributed by atoms with Crippen LogP contribution in [0, 0.1) is 5.92 Å². The Hall–Kier alpha value is -1.47. The van der Waals surface area contributed by atoms with E-state index in [9.17, 15) is 13.2 Å². The van der Waals surface area contributed by atoms with Gasteiger partial charge in [-0.05, 0) is 18.1 Å². The molecule has 0 aromatic carbocycles. The molecule has 0 aliphatic carbocycles. The summed E-state index contributed by atoms with van der Waals surface area (Å²) in [6.45, 7) is 4.73. The number of nitrogens with zero attached hydrogens (tertiary/aromatic N) is 1. The minimum Gasteiger partial charge on any atom is -0.381 e. The number of rotatable bonds is 7. The highest BCUT2D eigenvalue weighted by molar-refractivity contribution is 7.90. The van der Waals surface area contributed by atoms with E-state index in [0.717, 1.165) is 0 Å². The molecule has 1 amide bonds. The van der Waals surface area contributed by atoms with Crippen LogP contribution in [0.4, 0.5) is 0 Å². The third kappa shape index (κ3) is 5.80. The Balaban J connectivity index is 2.44. The van der Waals surface area contributed by atoms with Crippen LogP contribution in [0.25, 0.3) is 0 Å². The molecule has 0 radical (unpaired) electrons. The van der Waals surface area contributed by atoms with Gasteiger partial charge < -0.3 is 4.74 Å². The van der Waals surface area contributed by atoms with Crippen molar-refractivity contribution in [2.45, 2.75) is 25.2 Å². The third-order valence-corrected chi connectivity index (χ3v) is 3.48. The zero-order valence-corrected chi connectivity index (χ0v) is 11.8. The lowest BCUT2D eigenvalue weighted by atomic mass is 10.2. The number of amides is 1. The number of hydrogen-bond acceptors (Lipinski definition) is 5. The maximum Gasteiger partial charge on any atom is 0.265 e. The molecule has 106 valence electrons. The lowest BCUT2D eigenvalue weighted by Crippen LogP contribution is -2.31. The number of carbonyl (C=O) groups is 1. The van der Waals surface area contributed by atoms with Crippen LogP contribution in [-0.4, -0.2) is 32.5 Å². The molecule has 19 heavy (non-hydrogen) atoms. The van der Waals surface area contributed by atoms with Crippen molar-refractivity contribution in [1.82, 2.24) is 9.71 Å². The van der Waals surface area contributed by atoms with Gasteiger partial charge in [0, 0.05) is 19.0 Å². The Kier molecular flexibility index (Phi) is 5.91. The molecule has 0 saturated heterocycles. The summed E-state index contributed by atoms with van der Waals surface area (Å²) in [6, 6.07) is 2.86. The Bertz CT molecular complexity index is 500. The number of pyridine rings is 1. The summed E-state index contributed by atoms with van der Waals surface area (Å²) in [6.07, 6.45) is 2.65. The van der Waals surface area contributed by atoms with Crippen LogP contribution in [-0.2, 0) is 19.6 Å². The van der Waals surface area contributed by atoms with Crippen LogP contribution in [0.15, 0.2) is 29.4 Å². The van der Waals surface area contributed by atoms with Crippen molar-refractivity contribution in [3.05, 3.63) is 24.5 Å². The zero-order valence-electron chi connectivity index (χ0n) is 11.0. The molecular weight excluding hydrogens is 268 g/mol. The molecule has 0 atom stereocenters. The van der Waals surface area contributed by atoms with Gasteiger partial charge in [0.25, 0.3) is 10.0 Å². The van der Waals surface area contributed by atoms with E-state index < -0.39 is 15.9 Å². The number of nitrogens with one attached hydrogen (secondary N) is 1.